The molecule has 2 aromatic rings. The Bertz CT molecular complexity index is 636. The third kappa shape index (κ3) is 4.05. The molecule has 1 aromatic heterocycles. The lowest BCUT2D eigenvalue weighted by Crippen LogP contribution is -2.26. The van der Waals surface area contributed by atoms with Crippen molar-refractivity contribution in [1.29, 1.82) is 0 Å². The number of nitrogens with zero attached hydrogens (tertiary/aromatic N) is 1. The fourth-order valence-corrected chi connectivity index (χ4v) is 2.17. The molecule has 0 radical (unpaired) electrons. The molecule has 6 nitrogen and oxygen atoms in total. The Morgan fingerprint density at radius 1 is 1.33 bits per heavy atom. The van der Waals surface area contributed by atoms with Crippen LogP contribution in [0, 0.1) is 5.92 Å². The molecular formula is C15H19N3O3. The van der Waals surface area contributed by atoms with Crippen molar-refractivity contribution in [3.8, 4) is 0 Å². The summed E-state index contributed by atoms with van der Waals surface area (Å²) < 4.78 is 0. The van der Waals surface area contributed by atoms with Gasteiger partial charge in [0.2, 0.25) is 0 Å². The first-order chi connectivity index (χ1) is 10.1. The van der Waals surface area contributed by atoms with Crippen molar-refractivity contribution in [2.75, 3.05) is 6.54 Å². The number of para-hydroxylation sites is 1. The monoisotopic (exact) mass is 289 g/mol. The van der Waals surface area contributed by atoms with E-state index in [0.717, 1.165) is 17.3 Å². The number of nitrogens with one attached hydrogen (secondary N) is 2. The molecule has 0 aliphatic carbocycles. The highest BCUT2D eigenvalue weighted by molar-refractivity contribution is 6.04. The van der Waals surface area contributed by atoms with Crippen molar-refractivity contribution in [3.05, 3.63) is 30.0 Å². The zero-order chi connectivity index (χ0) is 15.2. The largest absolute Gasteiger partial charge is 0.481 e. The fourth-order valence-electron chi connectivity index (χ4n) is 2.17. The summed E-state index contributed by atoms with van der Waals surface area (Å²) >= 11 is 0. The second-order valence-electron chi connectivity index (χ2n) is 5.20. The highest BCUT2D eigenvalue weighted by Crippen LogP contribution is 2.15. The summed E-state index contributed by atoms with van der Waals surface area (Å²) in [6, 6.07) is 7.46. The SMILES string of the molecule is CC(CCNC(=O)c1n[nH]c2ccccc12)CCC(=O)O. The van der Waals surface area contributed by atoms with Gasteiger partial charge in [0.05, 0.1) is 5.52 Å². The van der Waals surface area contributed by atoms with Crippen molar-refractivity contribution < 1.29 is 14.7 Å². The predicted molar refractivity (Wildman–Crippen MR) is 79.1 cm³/mol. The molecule has 1 atom stereocenters. The number of benzene rings is 1. The van der Waals surface area contributed by atoms with E-state index in [-0.39, 0.29) is 18.2 Å². The number of amides is 1. The van der Waals surface area contributed by atoms with Gasteiger partial charge in [-0.2, -0.15) is 5.10 Å². The van der Waals surface area contributed by atoms with Gasteiger partial charge in [-0.15, -0.1) is 0 Å². The number of carboxylic acids is 1. The molecule has 1 heterocycles. The Hall–Kier alpha value is -2.37. The Morgan fingerprint density at radius 2 is 2.10 bits per heavy atom. The lowest BCUT2D eigenvalue weighted by molar-refractivity contribution is -0.137. The highest BCUT2D eigenvalue weighted by atomic mass is 16.4. The van der Waals surface area contributed by atoms with E-state index in [1.54, 1.807) is 0 Å². The van der Waals surface area contributed by atoms with Crippen LogP contribution >= 0.6 is 0 Å². The Labute approximate surface area is 122 Å². The van der Waals surface area contributed by atoms with E-state index in [4.69, 9.17) is 5.11 Å². The van der Waals surface area contributed by atoms with Gasteiger partial charge in [-0.1, -0.05) is 25.1 Å². The highest BCUT2D eigenvalue weighted by Gasteiger charge is 2.13. The van der Waals surface area contributed by atoms with Gasteiger partial charge in [0.15, 0.2) is 5.69 Å². The molecule has 0 spiro atoms. The van der Waals surface area contributed by atoms with Gasteiger partial charge in [0.25, 0.3) is 5.91 Å². The van der Waals surface area contributed by atoms with Gasteiger partial charge in [0, 0.05) is 18.4 Å². The molecule has 0 bridgehead atoms. The van der Waals surface area contributed by atoms with Crippen LogP contribution in [0.5, 0.6) is 0 Å². The average Bonchev–Trinajstić information content (AvgIpc) is 2.89. The summed E-state index contributed by atoms with van der Waals surface area (Å²) in [6.07, 6.45) is 1.54. The van der Waals surface area contributed by atoms with Crippen LogP contribution in [0.3, 0.4) is 0 Å². The van der Waals surface area contributed by atoms with E-state index in [9.17, 15) is 9.59 Å². The number of aliphatic carboxylic acids is 1. The third-order valence-electron chi connectivity index (χ3n) is 3.46. The molecule has 0 saturated carbocycles. The summed E-state index contributed by atoms with van der Waals surface area (Å²) in [5.74, 6) is -0.732. The summed E-state index contributed by atoms with van der Waals surface area (Å²) in [5, 5.41) is 19.1. The van der Waals surface area contributed by atoms with E-state index < -0.39 is 5.97 Å². The first-order valence-corrected chi connectivity index (χ1v) is 7.01. The third-order valence-corrected chi connectivity index (χ3v) is 3.46. The summed E-state index contributed by atoms with van der Waals surface area (Å²) in [4.78, 5) is 22.6. The normalized spacial score (nSPS) is 12.2. The Morgan fingerprint density at radius 3 is 2.86 bits per heavy atom. The molecule has 6 heteroatoms. The first-order valence-electron chi connectivity index (χ1n) is 7.01. The van der Waals surface area contributed by atoms with E-state index in [1.807, 2.05) is 31.2 Å². The van der Waals surface area contributed by atoms with Gasteiger partial charge in [-0.05, 0) is 24.8 Å². The molecular weight excluding hydrogens is 270 g/mol. The van der Waals surface area contributed by atoms with Gasteiger partial charge in [-0.25, -0.2) is 0 Å². The summed E-state index contributed by atoms with van der Waals surface area (Å²) in [5.41, 5.74) is 1.22. The lowest BCUT2D eigenvalue weighted by atomic mass is 10.0. The minimum absolute atomic E-state index is 0.166. The van der Waals surface area contributed by atoms with Gasteiger partial charge in [-0.3, -0.25) is 14.7 Å². The number of rotatable bonds is 7. The number of carboxylic acid groups (broad SMARTS) is 1. The number of carbonyl (C=O) groups is 2. The predicted octanol–water partition coefficient (Wildman–Crippen LogP) is 2.18. The molecule has 1 unspecified atom stereocenters. The Balaban J connectivity index is 1.83. The van der Waals surface area contributed by atoms with Crippen molar-refractivity contribution >= 4 is 22.8 Å². The number of aromatic nitrogens is 2. The number of fused-ring (bicyclic) bond motifs is 1. The molecule has 0 aliphatic heterocycles. The van der Waals surface area contributed by atoms with Crippen LogP contribution in [-0.2, 0) is 4.79 Å². The molecule has 0 aliphatic rings. The van der Waals surface area contributed by atoms with E-state index >= 15 is 0 Å². The van der Waals surface area contributed by atoms with Gasteiger partial charge in [0.1, 0.15) is 0 Å². The Kier molecular flexibility index (Phi) is 4.92. The number of carbonyl (C=O) groups excluding carboxylic acids is 1. The zero-order valence-corrected chi connectivity index (χ0v) is 11.9. The van der Waals surface area contributed by atoms with E-state index in [0.29, 0.717) is 18.7 Å². The van der Waals surface area contributed by atoms with Gasteiger partial charge >= 0.3 is 5.97 Å². The molecule has 1 amide bonds. The molecule has 112 valence electrons. The van der Waals surface area contributed by atoms with Crippen LogP contribution in [0.4, 0.5) is 0 Å². The fraction of sp³-hybridized carbons (Fsp3) is 0.400. The van der Waals surface area contributed by atoms with Crippen LogP contribution in [0.15, 0.2) is 24.3 Å². The zero-order valence-electron chi connectivity index (χ0n) is 11.9. The number of hydrogen-bond acceptors (Lipinski definition) is 3. The standard InChI is InChI=1S/C15H19N3O3/c1-10(6-7-13(19)20)8-9-16-15(21)14-11-4-2-3-5-12(11)17-18-14/h2-5,10H,6-9H2,1H3,(H,16,21)(H,17,18)(H,19,20). The van der Waals surface area contributed by atoms with Gasteiger partial charge < -0.3 is 10.4 Å². The molecule has 2 rings (SSSR count). The summed E-state index contributed by atoms with van der Waals surface area (Å²) in [6.45, 7) is 2.50. The van der Waals surface area contributed by atoms with Crippen molar-refractivity contribution in [3.63, 3.8) is 0 Å². The van der Waals surface area contributed by atoms with Crippen LogP contribution < -0.4 is 5.32 Å². The maximum Gasteiger partial charge on any atom is 0.303 e. The van der Waals surface area contributed by atoms with Crippen LogP contribution in [-0.4, -0.2) is 33.7 Å². The molecule has 21 heavy (non-hydrogen) atoms. The maximum atomic E-state index is 12.1. The number of hydrogen-bond donors (Lipinski definition) is 3. The quantitative estimate of drug-likeness (QED) is 0.728. The first kappa shape index (κ1) is 15.0. The minimum atomic E-state index is -0.783. The molecule has 0 fully saturated rings. The van der Waals surface area contributed by atoms with Crippen LogP contribution in [0.25, 0.3) is 10.9 Å². The second-order valence-corrected chi connectivity index (χ2v) is 5.20. The molecule has 1 aromatic carbocycles. The number of H-pyrrole nitrogens is 1. The van der Waals surface area contributed by atoms with Crippen molar-refractivity contribution in [2.45, 2.75) is 26.2 Å². The van der Waals surface area contributed by atoms with Crippen LogP contribution in [0.2, 0.25) is 0 Å². The number of aromatic amines is 1. The van der Waals surface area contributed by atoms with E-state index in [1.165, 1.54) is 0 Å². The average molecular weight is 289 g/mol. The topological polar surface area (TPSA) is 95.1 Å². The maximum absolute atomic E-state index is 12.1. The van der Waals surface area contributed by atoms with E-state index in [2.05, 4.69) is 15.5 Å². The van der Waals surface area contributed by atoms with Crippen LogP contribution in [0.1, 0.15) is 36.7 Å². The van der Waals surface area contributed by atoms with Crippen molar-refractivity contribution in [2.24, 2.45) is 5.92 Å². The minimum Gasteiger partial charge on any atom is -0.481 e. The summed E-state index contributed by atoms with van der Waals surface area (Å²) in [7, 11) is 0. The lowest BCUT2D eigenvalue weighted by Gasteiger charge is -2.10. The molecule has 3 N–H and O–H groups in total. The van der Waals surface area contributed by atoms with Crippen molar-refractivity contribution in [1.82, 2.24) is 15.5 Å². The second kappa shape index (κ2) is 6.88. The molecule has 0 saturated heterocycles. The smallest absolute Gasteiger partial charge is 0.303 e.